The van der Waals surface area contributed by atoms with E-state index in [0.717, 1.165) is 26.9 Å². The average molecular weight is 465 g/mol. The summed E-state index contributed by atoms with van der Waals surface area (Å²) in [5.41, 5.74) is 4.98. The molecular weight excluding hydrogens is 440 g/mol. The zero-order chi connectivity index (χ0) is 22.9. The van der Waals surface area contributed by atoms with E-state index in [4.69, 9.17) is 4.98 Å². The number of benzene rings is 3. The Balaban J connectivity index is 1.68. The summed E-state index contributed by atoms with van der Waals surface area (Å²) in [6.45, 7) is 4.52. The molecule has 3 aromatic carbocycles. The molecule has 0 bridgehead atoms. The molecule has 164 valence electrons. The van der Waals surface area contributed by atoms with E-state index < -0.39 is 9.84 Å². The Morgan fingerprint density at radius 1 is 0.938 bits per heavy atom. The highest BCUT2D eigenvalue weighted by Crippen LogP contribution is 2.33. The highest BCUT2D eigenvalue weighted by Gasteiger charge is 2.21. The number of rotatable bonds is 6. The van der Waals surface area contributed by atoms with Crippen molar-refractivity contribution >= 4 is 42.4 Å². The summed E-state index contributed by atoms with van der Waals surface area (Å²) < 4.78 is 24.5. The van der Waals surface area contributed by atoms with E-state index in [1.807, 2.05) is 43.3 Å². The number of carbonyl (C=O) groups excluding carboxylic acids is 1. The predicted molar refractivity (Wildman–Crippen MR) is 130 cm³/mol. The van der Waals surface area contributed by atoms with Gasteiger partial charge in [-0.3, -0.25) is 9.69 Å². The maximum absolute atomic E-state index is 13.4. The first-order valence-electron chi connectivity index (χ1n) is 10.2. The Bertz CT molecular complexity index is 1380. The molecule has 4 aromatic rings. The Labute approximate surface area is 192 Å². The first-order chi connectivity index (χ1) is 15.2. The van der Waals surface area contributed by atoms with E-state index in [1.54, 1.807) is 29.2 Å². The molecule has 7 heteroatoms. The minimum atomic E-state index is -3.27. The van der Waals surface area contributed by atoms with Crippen LogP contribution in [0, 0.1) is 13.8 Å². The topological polar surface area (TPSA) is 67.3 Å². The van der Waals surface area contributed by atoms with Crippen LogP contribution in [0.15, 0.2) is 71.6 Å². The molecule has 0 spiro atoms. The van der Waals surface area contributed by atoms with Crippen LogP contribution >= 0.6 is 11.3 Å². The second kappa shape index (κ2) is 8.84. The molecule has 0 saturated heterocycles. The van der Waals surface area contributed by atoms with Gasteiger partial charge in [0.15, 0.2) is 15.0 Å². The summed E-state index contributed by atoms with van der Waals surface area (Å²) in [7, 11) is -3.27. The smallest absolute Gasteiger partial charge is 0.233 e. The number of fused-ring (bicyclic) bond motifs is 1. The van der Waals surface area contributed by atoms with E-state index in [0.29, 0.717) is 11.7 Å². The maximum Gasteiger partial charge on any atom is 0.233 e. The van der Waals surface area contributed by atoms with E-state index >= 15 is 0 Å². The maximum atomic E-state index is 13.4. The van der Waals surface area contributed by atoms with Crippen molar-refractivity contribution in [1.29, 1.82) is 0 Å². The number of amides is 1. The molecule has 1 aromatic heterocycles. The molecule has 4 rings (SSSR count). The van der Waals surface area contributed by atoms with Crippen molar-refractivity contribution in [3.05, 3.63) is 89.0 Å². The van der Waals surface area contributed by atoms with Crippen molar-refractivity contribution in [2.45, 2.75) is 31.7 Å². The molecule has 0 fully saturated rings. The van der Waals surface area contributed by atoms with Crippen LogP contribution in [0.5, 0.6) is 0 Å². The number of anilines is 1. The third kappa shape index (κ3) is 4.74. The van der Waals surface area contributed by atoms with Crippen molar-refractivity contribution in [3.63, 3.8) is 0 Å². The van der Waals surface area contributed by atoms with Crippen molar-refractivity contribution in [2.24, 2.45) is 0 Å². The fraction of sp³-hybridized carbons (Fsp3) is 0.200. The van der Waals surface area contributed by atoms with Crippen LogP contribution in [0.3, 0.4) is 0 Å². The predicted octanol–water partition coefficient (Wildman–Crippen LogP) is 5.09. The molecule has 0 atom stereocenters. The van der Waals surface area contributed by atoms with Crippen molar-refractivity contribution in [1.82, 2.24) is 4.98 Å². The minimum Gasteiger partial charge on any atom is -0.283 e. The molecule has 0 N–H and O–H groups in total. The first kappa shape index (κ1) is 22.2. The molecule has 0 aliphatic heterocycles. The van der Waals surface area contributed by atoms with Gasteiger partial charge in [-0.2, -0.15) is 0 Å². The third-order valence-corrected chi connectivity index (χ3v) is 7.67. The van der Waals surface area contributed by atoms with Gasteiger partial charge in [0.05, 0.1) is 28.1 Å². The Morgan fingerprint density at radius 2 is 1.62 bits per heavy atom. The average Bonchev–Trinajstić information content (AvgIpc) is 3.20. The molecule has 5 nitrogen and oxygen atoms in total. The Morgan fingerprint density at radius 3 is 2.28 bits per heavy atom. The molecule has 0 radical (unpaired) electrons. The molecule has 0 unspecified atom stereocenters. The van der Waals surface area contributed by atoms with Gasteiger partial charge in [-0.25, -0.2) is 13.4 Å². The molecule has 0 aliphatic rings. The highest BCUT2D eigenvalue weighted by atomic mass is 32.2. The van der Waals surface area contributed by atoms with Gasteiger partial charge in [0.2, 0.25) is 5.91 Å². The zero-order valence-electron chi connectivity index (χ0n) is 18.2. The van der Waals surface area contributed by atoms with Crippen LogP contribution < -0.4 is 4.90 Å². The van der Waals surface area contributed by atoms with Gasteiger partial charge in [-0.1, -0.05) is 59.9 Å². The summed E-state index contributed by atoms with van der Waals surface area (Å²) in [5, 5.41) is 0.662. The fourth-order valence-corrected chi connectivity index (χ4v) is 5.15. The number of thiazole rings is 1. The number of carbonyl (C=O) groups is 1. The molecular formula is C25H24N2O3S2. The summed E-state index contributed by atoms with van der Waals surface area (Å²) in [6, 6.07) is 20.4. The lowest BCUT2D eigenvalue weighted by atomic mass is 10.1. The quantitative estimate of drug-likeness (QED) is 0.398. The number of hydrogen-bond donors (Lipinski definition) is 0. The third-order valence-electron chi connectivity index (χ3n) is 5.50. The molecule has 1 amide bonds. The zero-order valence-corrected chi connectivity index (χ0v) is 19.8. The van der Waals surface area contributed by atoms with Gasteiger partial charge < -0.3 is 0 Å². The lowest BCUT2D eigenvalue weighted by Crippen LogP contribution is -2.31. The summed E-state index contributed by atoms with van der Waals surface area (Å²) in [5.74, 6) is -0.0885. The largest absolute Gasteiger partial charge is 0.283 e. The summed E-state index contributed by atoms with van der Waals surface area (Å²) in [6.07, 6.45) is 1.33. The van der Waals surface area contributed by atoms with E-state index in [9.17, 15) is 13.2 Å². The normalized spacial score (nSPS) is 11.6. The van der Waals surface area contributed by atoms with Crippen LogP contribution in [-0.4, -0.2) is 25.6 Å². The monoisotopic (exact) mass is 464 g/mol. The van der Waals surface area contributed by atoms with Crippen molar-refractivity contribution in [3.8, 4) is 0 Å². The highest BCUT2D eigenvalue weighted by molar-refractivity contribution is 7.90. The van der Waals surface area contributed by atoms with Crippen LogP contribution in [-0.2, 0) is 27.6 Å². The van der Waals surface area contributed by atoms with E-state index in [1.165, 1.54) is 23.2 Å². The van der Waals surface area contributed by atoms with Gasteiger partial charge in [-0.15, -0.1) is 0 Å². The van der Waals surface area contributed by atoms with E-state index in [2.05, 4.69) is 13.0 Å². The number of hydrogen-bond acceptors (Lipinski definition) is 5. The van der Waals surface area contributed by atoms with Gasteiger partial charge in [0.1, 0.15) is 0 Å². The first-order valence-corrected chi connectivity index (χ1v) is 12.9. The van der Waals surface area contributed by atoms with E-state index in [-0.39, 0.29) is 17.2 Å². The van der Waals surface area contributed by atoms with Gasteiger partial charge in [0.25, 0.3) is 0 Å². The SMILES string of the molecule is Cc1ccc2sc(N(Cc3ccccc3)C(=O)Cc3ccc(S(C)(=O)=O)cc3)nc2c1C. The van der Waals surface area contributed by atoms with Crippen LogP contribution in [0.4, 0.5) is 5.13 Å². The second-order valence-corrected chi connectivity index (χ2v) is 10.9. The lowest BCUT2D eigenvalue weighted by molar-refractivity contribution is -0.118. The van der Waals surface area contributed by atoms with Crippen LogP contribution in [0.2, 0.25) is 0 Å². The van der Waals surface area contributed by atoms with Gasteiger partial charge >= 0.3 is 0 Å². The number of aryl methyl sites for hydroxylation is 2. The van der Waals surface area contributed by atoms with Gasteiger partial charge in [0, 0.05) is 6.26 Å². The summed E-state index contributed by atoms with van der Waals surface area (Å²) >= 11 is 1.51. The minimum absolute atomic E-state index is 0.0885. The number of aromatic nitrogens is 1. The molecule has 1 heterocycles. The molecule has 0 aliphatic carbocycles. The Hall–Kier alpha value is -3.03. The lowest BCUT2D eigenvalue weighted by Gasteiger charge is -2.20. The number of sulfone groups is 1. The van der Waals surface area contributed by atoms with Crippen molar-refractivity contribution in [2.75, 3.05) is 11.2 Å². The molecule has 0 saturated carbocycles. The van der Waals surface area contributed by atoms with Crippen molar-refractivity contribution < 1.29 is 13.2 Å². The molecule has 32 heavy (non-hydrogen) atoms. The fourth-order valence-electron chi connectivity index (χ4n) is 3.48. The summed E-state index contributed by atoms with van der Waals surface area (Å²) in [4.78, 5) is 20.2. The Kier molecular flexibility index (Phi) is 6.13. The van der Waals surface area contributed by atoms with Crippen LogP contribution in [0.1, 0.15) is 22.3 Å². The van der Waals surface area contributed by atoms with Crippen LogP contribution in [0.25, 0.3) is 10.2 Å². The number of nitrogens with zero attached hydrogens (tertiary/aromatic N) is 2. The van der Waals surface area contributed by atoms with Gasteiger partial charge in [-0.05, 0) is 54.3 Å². The standard InChI is InChI=1S/C25H24N2O3S2/c1-17-9-14-22-24(18(17)2)26-25(31-22)27(16-20-7-5-4-6-8-20)23(28)15-19-10-12-21(13-11-19)32(3,29)30/h4-14H,15-16H2,1-3H3. The second-order valence-electron chi connectivity index (χ2n) is 7.91.